The zero-order valence-corrected chi connectivity index (χ0v) is 22.0. The molecule has 2 amide bonds. The number of alkyl halides is 2. The van der Waals surface area contributed by atoms with Crippen LogP contribution in [0.1, 0.15) is 35.3 Å². The maximum absolute atomic E-state index is 14.1. The van der Waals surface area contributed by atoms with E-state index in [4.69, 9.17) is 9.84 Å². The Bertz CT molecular complexity index is 1340. The van der Waals surface area contributed by atoms with Crippen molar-refractivity contribution >= 4 is 39.2 Å². The predicted molar refractivity (Wildman–Crippen MR) is 138 cm³/mol. The van der Waals surface area contributed by atoms with Crippen LogP contribution in [0.2, 0.25) is 0 Å². The van der Waals surface area contributed by atoms with Gasteiger partial charge in [0, 0.05) is 55.9 Å². The minimum Gasteiger partial charge on any atom is -0.463 e. The van der Waals surface area contributed by atoms with E-state index < -0.39 is 27.7 Å². The summed E-state index contributed by atoms with van der Waals surface area (Å²) < 4.78 is 49.7. The summed E-state index contributed by atoms with van der Waals surface area (Å²) in [5.74, 6) is -2.69. The Morgan fingerprint density at radius 1 is 1.13 bits per heavy atom. The summed E-state index contributed by atoms with van der Waals surface area (Å²) in [7, 11) is -3.24. The Kier molecular flexibility index (Phi) is 8.11. The summed E-state index contributed by atoms with van der Waals surface area (Å²) in [6, 6.07) is 5.92. The van der Waals surface area contributed by atoms with Crippen molar-refractivity contribution in [1.82, 2.24) is 9.97 Å². The number of halogens is 2. The fourth-order valence-corrected chi connectivity index (χ4v) is 5.50. The van der Waals surface area contributed by atoms with Gasteiger partial charge in [-0.3, -0.25) is 4.79 Å². The maximum atomic E-state index is 14.1. The molecule has 1 aromatic carbocycles. The molecule has 206 valence electrons. The van der Waals surface area contributed by atoms with Gasteiger partial charge in [-0.25, -0.2) is 22.8 Å². The molecule has 2 N–H and O–H groups in total. The Morgan fingerprint density at radius 2 is 1.87 bits per heavy atom. The topological polar surface area (TPSA) is 137 Å². The number of carbonyl (C=O) groups is 2. The molecule has 3 heterocycles. The Balaban J connectivity index is 1.71. The predicted octanol–water partition coefficient (Wildman–Crippen LogP) is 3.63. The molecule has 14 heteroatoms. The molecule has 4 rings (SSSR count). The third-order valence-corrected chi connectivity index (χ3v) is 8.01. The molecule has 2 aromatic rings. The van der Waals surface area contributed by atoms with E-state index in [9.17, 15) is 22.6 Å². The quantitative estimate of drug-likeness (QED) is 0.570. The van der Waals surface area contributed by atoms with Gasteiger partial charge >= 0.3 is 6.09 Å². The van der Waals surface area contributed by atoms with Crippen LogP contribution in [0.5, 0.6) is 0 Å². The van der Waals surface area contributed by atoms with Gasteiger partial charge in [-0.05, 0) is 31.5 Å². The van der Waals surface area contributed by atoms with Crippen LogP contribution < -0.4 is 15.1 Å². The number of nitrogens with one attached hydrogen (secondary N) is 1. The molecule has 2 fully saturated rings. The van der Waals surface area contributed by atoms with Gasteiger partial charge in [0.15, 0.2) is 0 Å². The number of morpholine rings is 1. The smallest absolute Gasteiger partial charge is 0.439 e. The first kappa shape index (κ1) is 27.6. The zero-order valence-electron chi connectivity index (χ0n) is 21.2. The minimum atomic E-state index is -3.24. The van der Waals surface area contributed by atoms with E-state index in [-0.39, 0.29) is 47.8 Å². The van der Waals surface area contributed by atoms with Crippen LogP contribution in [0.3, 0.4) is 0 Å². The summed E-state index contributed by atoms with van der Waals surface area (Å²) in [5.41, 5.74) is 0.777. The monoisotopic (exact) mass is 552 g/mol. The SMILES string of the molecule is Cc1nc(N2CCOCC2)nc(N2CCCC(F)(F)CC2)c1C(=O)Nc1cccc(S(C)(=O)=NC(=O)O)c1. The van der Waals surface area contributed by atoms with Crippen LogP contribution in [0.15, 0.2) is 33.5 Å². The van der Waals surface area contributed by atoms with Crippen molar-refractivity contribution in [3.63, 3.8) is 0 Å². The van der Waals surface area contributed by atoms with Crippen LogP contribution in [0.4, 0.5) is 31.0 Å². The van der Waals surface area contributed by atoms with Crippen molar-refractivity contribution in [1.29, 1.82) is 0 Å². The summed E-state index contributed by atoms with van der Waals surface area (Å²) in [5, 5.41) is 11.7. The number of amides is 2. The Hall–Kier alpha value is -3.39. The van der Waals surface area contributed by atoms with Gasteiger partial charge in [0.2, 0.25) is 11.9 Å². The molecule has 11 nitrogen and oxygen atoms in total. The zero-order chi connectivity index (χ0) is 27.5. The molecule has 0 bridgehead atoms. The lowest BCUT2D eigenvalue weighted by molar-refractivity contribution is -0.0102. The number of ether oxygens (including phenoxy) is 1. The van der Waals surface area contributed by atoms with Crippen LogP contribution in [0, 0.1) is 6.92 Å². The summed E-state index contributed by atoms with van der Waals surface area (Å²) >= 11 is 0. The number of hydrogen-bond acceptors (Lipinski definition) is 8. The van der Waals surface area contributed by atoms with Gasteiger partial charge in [-0.15, -0.1) is 4.36 Å². The highest BCUT2D eigenvalue weighted by Crippen LogP contribution is 2.32. The first-order chi connectivity index (χ1) is 17.9. The van der Waals surface area contributed by atoms with E-state index in [2.05, 4.69) is 19.6 Å². The number of hydrogen-bond donors (Lipinski definition) is 2. The number of carboxylic acid groups (broad SMARTS) is 1. The van der Waals surface area contributed by atoms with E-state index in [1.807, 2.05) is 4.90 Å². The largest absolute Gasteiger partial charge is 0.463 e. The first-order valence-electron chi connectivity index (χ1n) is 12.2. The van der Waals surface area contributed by atoms with Crippen molar-refractivity contribution in [2.45, 2.75) is 37.0 Å². The number of aryl methyl sites for hydroxylation is 1. The first-order valence-corrected chi connectivity index (χ1v) is 14.1. The fraction of sp³-hybridized carbons (Fsp3) is 0.500. The van der Waals surface area contributed by atoms with Gasteiger partial charge < -0.3 is 25.0 Å². The standard InChI is InChI=1S/C24H30F2N6O5S/c1-16-19(21(33)28-17-5-3-6-18(15-17)38(2,36)30-23(34)35)20(31-9-4-7-24(25,26)8-10-31)29-22(27-16)32-11-13-37-14-12-32/h3,5-6,15H,4,7-14H2,1-2H3,(H,28,33)(H,34,35). The molecule has 2 aliphatic rings. The molecule has 1 aromatic heterocycles. The minimum absolute atomic E-state index is 0.0242. The molecular formula is C24H30F2N6O5S. The van der Waals surface area contributed by atoms with E-state index in [1.54, 1.807) is 17.9 Å². The highest BCUT2D eigenvalue weighted by atomic mass is 32.2. The molecule has 2 aliphatic heterocycles. The second-order valence-electron chi connectivity index (χ2n) is 9.26. The molecule has 0 saturated carbocycles. The average Bonchev–Trinajstić information content (AvgIpc) is 3.03. The van der Waals surface area contributed by atoms with E-state index >= 15 is 0 Å². The lowest BCUT2D eigenvalue weighted by Gasteiger charge is -2.30. The van der Waals surface area contributed by atoms with Crippen molar-refractivity contribution in [3.8, 4) is 0 Å². The van der Waals surface area contributed by atoms with E-state index in [0.29, 0.717) is 44.5 Å². The van der Waals surface area contributed by atoms with Crippen LogP contribution in [-0.4, -0.2) is 82.9 Å². The number of aromatic nitrogens is 2. The fourth-order valence-electron chi connectivity index (χ4n) is 4.42. The molecule has 1 unspecified atom stereocenters. The maximum Gasteiger partial charge on any atom is 0.439 e. The number of carbonyl (C=O) groups excluding carboxylic acids is 1. The lowest BCUT2D eigenvalue weighted by atomic mass is 10.1. The second-order valence-corrected chi connectivity index (χ2v) is 11.5. The average molecular weight is 553 g/mol. The van der Waals surface area contributed by atoms with Crippen LogP contribution >= 0.6 is 0 Å². The van der Waals surface area contributed by atoms with Gasteiger partial charge in [0.05, 0.1) is 28.6 Å². The number of anilines is 3. The molecule has 0 spiro atoms. The van der Waals surface area contributed by atoms with E-state index in [1.165, 1.54) is 24.5 Å². The third-order valence-electron chi connectivity index (χ3n) is 6.38. The second kappa shape index (κ2) is 11.2. The molecule has 2 saturated heterocycles. The Morgan fingerprint density at radius 3 is 2.58 bits per heavy atom. The van der Waals surface area contributed by atoms with Crippen molar-refractivity contribution in [3.05, 3.63) is 35.5 Å². The van der Waals surface area contributed by atoms with Gasteiger partial charge in [-0.1, -0.05) is 6.07 Å². The number of nitrogens with zero attached hydrogens (tertiary/aromatic N) is 5. The molecule has 0 aliphatic carbocycles. The molecule has 0 radical (unpaired) electrons. The van der Waals surface area contributed by atoms with Crippen LogP contribution in [-0.2, 0) is 14.5 Å². The Labute approximate surface area is 219 Å². The van der Waals surface area contributed by atoms with Crippen LogP contribution in [0.25, 0.3) is 0 Å². The van der Waals surface area contributed by atoms with Gasteiger partial charge in [0.1, 0.15) is 11.4 Å². The van der Waals surface area contributed by atoms with Crippen molar-refractivity contribution in [2.24, 2.45) is 4.36 Å². The van der Waals surface area contributed by atoms with Crippen molar-refractivity contribution in [2.75, 3.05) is 60.8 Å². The number of benzene rings is 1. The third kappa shape index (κ3) is 6.54. The highest BCUT2D eigenvalue weighted by Gasteiger charge is 2.34. The molecular weight excluding hydrogens is 522 g/mol. The highest BCUT2D eigenvalue weighted by molar-refractivity contribution is 7.93. The molecule has 38 heavy (non-hydrogen) atoms. The summed E-state index contributed by atoms with van der Waals surface area (Å²) in [6.07, 6.45) is -0.727. The lowest BCUT2D eigenvalue weighted by Crippen LogP contribution is -2.38. The molecule has 1 atom stereocenters. The summed E-state index contributed by atoms with van der Waals surface area (Å²) in [6.45, 7) is 4.12. The van der Waals surface area contributed by atoms with Gasteiger partial charge in [0.25, 0.3) is 5.91 Å². The van der Waals surface area contributed by atoms with E-state index in [0.717, 1.165) is 0 Å². The summed E-state index contributed by atoms with van der Waals surface area (Å²) in [4.78, 5) is 37.5. The normalized spacial score (nSPS) is 19.3. The number of rotatable bonds is 5. The van der Waals surface area contributed by atoms with Gasteiger partial charge in [-0.2, -0.15) is 4.98 Å². The van der Waals surface area contributed by atoms with Crippen molar-refractivity contribution < 1.29 is 32.4 Å².